The Morgan fingerprint density at radius 3 is 2.28 bits per heavy atom. The fourth-order valence-electron chi connectivity index (χ4n) is 5.09. The van der Waals surface area contributed by atoms with Crippen LogP contribution < -0.4 is 20.1 Å². The van der Waals surface area contributed by atoms with E-state index < -0.39 is 6.04 Å². The van der Waals surface area contributed by atoms with Crippen LogP contribution >= 0.6 is 11.6 Å². The molecule has 0 saturated carbocycles. The van der Waals surface area contributed by atoms with Crippen LogP contribution in [0.5, 0.6) is 17.2 Å². The Kier molecular flexibility index (Phi) is 10.4. The molecule has 5 rings (SSSR count). The van der Waals surface area contributed by atoms with E-state index in [-0.39, 0.29) is 28.7 Å². The summed E-state index contributed by atoms with van der Waals surface area (Å²) < 4.78 is 11.7. The van der Waals surface area contributed by atoms with Crippen LogP contribution in [-0.4, -0.2) is 36.1 Å². The van der Waals surface area contributed by atoms with Gasteiger partial charge in [0.25, 0.3) is 5.91 Å². The summed E-state index contributed by atoms with van der Waals surface area (Å²) in [6.45, 7) is 7.93. The maximum Gasteiger partial charge on any atom is 0.255 e. The third-order valence-electron chi connectivity index (χ3n) is 7.42. The number of phenolic OH excluding ortho intramolecular Hbond substituents is 1. The normalized spacial score (nSPS) is 11.8. The summed E-state index contributed by atoms with van der Waals surface area (Å²) in [4.78, 5) is 26.7. The van der Waals surface area contributed by atoms with Crippen LogP contribution in [0.2, 0.25) is 5.02 Å². The van der Waals surface area contributed by atoms with Crippen molar-refractivity contribution in [2.45, 2.75) is 33.7 Å². The van der Waals surface area contributed by atoms with Gasteiger partial charge >= 0.3 is 0 Å². The van der Waals surface area contributed by atoms with Gasteiger partial charge in [0.15, 0.2) is 11.5 Å². The number of hydrogen-bond acceptors (Lipinski definition) is 8. The highest BCUT2D eigenvalue weighted by Gasteiger charge is 2.23. The third kappa shape index (κ3) is 7.53. The first-order chi connectivity index (χ1) is 22.7. The van der Waals surface area contributed by atoms with Gasteiger partial charge in [-0.1, -0.05) is 54.1 Å². The number of benzene rings is 5. The molecule has 0 heterocycles. The quantitative estimate of drug-likeness (QED) is 0.0913. The van der Waals surface area contributed by atoms with Gasteiger partial charge in [-0.25, -0.2) is 0 Å². The van der Waals surface area contributed by atoms with Crippen molar-refractivity contribution in [3.63, 3.8) is 0 Å². The molecule has 240 valence electrons. The minimum absolute atomic E-state index is 0.100. The number of amides is 1. The second-order valence-corrected chi connectivity index (χ2v) is 11.2. The van der Waals surface area contributed by atoms with Crippen molar-refractivity contribution in [2.24, 2.45) is 10.2 Å². The molecule has 1 amide bonds. The standard InChI is InChI=1S/C37H35ClN4O5/c1-5-46-32-21-31(33(47-6-2)20-30(32)40-37(45)24-12-8-7-9-13-24)41-42-34-27-15-11-10-14-25(27)19-28(36(34)44)35(43)23(4)39-29-17-16-26(38)18-22(29)3/h7-21,23,39,44H,5-6H2,1-4H3,(H,40,45)/b42-41+. The largest absolute Gasteiger partial charge is 0.505 e. The van der Waals surface area contributed by atoms with E-state index in [2.05, 4.69) is 20.9 Å². The van der Waals surface area contributed by atoms with Crippen molar-refractivity contribution in [3.05, 3.63) is 113 Å². The van der Waals surface area contributed by atoms with Gasteiger partial charge in [0.2, 0.25) is 0 Å². The zero-order valence-electron chi connectivity index (χ0n) is 26.5. The SMILES string of the molecule is CCOc1cc(NC(=O)c2ccccc2)c(OCC)cc1/N=N/c1c(O)c(C(=O)C(C)Nc2ccc(Cl)cc2C)cc2ccccc12. The summed E-state index contributed by atoms with van der Waals surface area (Å²) in [5.41, 5.74) is 3.07. The van der Waals surface area contributed by atoms with Gasteiger partial charge in [-0.3, -0.25) is 9.59 Å². The number of aromatic hydroxyl groups is 1. The molecule has 0 aliphatic carbocycles. The average Bonchev–Trinajstić information content (AvgIpc) is 3.07. The lowest BCUT2D eigenvalue weighted by atomic mass is 9.98. The first-order valence-corrected chi connectivity index (χ1v) is 15.6. The number of carbonyl (C=O) groups is 2. The molecule has 1 unspecified atom stereocenters. The van der Waals surface area contributed by atoms with E-state index in [4.69, 9.17) is 21.1 Å². The minimum atomic E-state index is -0.677. The number of ketones is 1. The third-order valence-corrected chi connectivity index (χ3v) is 7.65. The first kappa shape index (κ1) is 33.0. The number of aryl methyl sites for hydroxylation is 1. The van der Waals surface area contributed by atoms with Crippen molar-refractivity contribution in [1.29, 1.82) is 0 Å². The summed E-state index contributed by atoms with van der Waals surface area (Å²) in [7, 11) is 0. The number of azo groups is 1. The number of nitrogens with one attached hydrogen (secondary N) is 2. The van der Waals surface area contributed by atoms with Gasteiger partial charge in [-0.15, -0.1) is 10.2 Å². The second-order valence-electron chi connectivity index (χ2n) is 10.7. The number of phenols is 1. The molecule has 47 heavy (non-hydrogen) atoms. The molecular formula is C37H35ClN4O5. The van der Waals surface area contributed by atoms with Gasteiger partial charge in [0.05, 0.1) is 30.5 Å². The lowest BCUT2D eigenvalue weighted by Gasteiger charge is -2.18. The molecule has 9 nitrogen and oxygen atoms in total. The zero-order chi connectivity index (χ0) is 33.5. The minimum Gasteiger partial charge on any atom is -0.505 e. The number of fused-ring (bicyclic) bond motifs is 1. The molecule has 5 aromatic rings. The summed E-state index contributed by atoms with van der Waals surface area (Å²) in [6, 6.07) is 25.7. The average molecular weight is 651 g/mol. The highest BCUT2D eigenvalue weighted by atomic mass is 35.5. The number of rotatable bonds is 12. The molecule has 0 spiro atoms. The number of carbonyl (C=O) groups excluding carboxylic acids is 2. The van der Waals surface area contributed by atoms with Crippen LogP contribution in [0.3, 0.4) is 0 Å². The molecule has 5 aromatic carbocycles. The van der Waals surface area contributed by atoms with Crippen molar-refractivity contribution in [2.75, 3.05) is 23.8 Å². The summed E-state index contributed by atoms with van der Waals surface area (Å²) in [5.74, 6) is -0.226. The van der Waals surface area contributed by atoms with Gasteiger partial charge in [0, 0.05) is 33.8 Å². The van der Waals surface area contributed by atoms with Gasteiger partial charge in [-0.05, 0) is 75.0 Å². The number of anilines is 2. The van der Waals surface area contributed by atoms with E-state index in [9.17, 15) is 14.7 Å². The molecule has 0 bridgehead atoms. The highest BCUT2D eigenvalue weighted by Crippen LogP contribution is 2.43. The molecule has 1 atom stereocenters. The fraction of sp³-hybridized carbons (Fsp3) is 0.189. The van der Waals surface area contributed by atoms with E-state index in [0.717, 1.165) is 11.3 Å². The van der Waals surface area contributed by atoms with Crippen LogP contribution in [0.4, 0.5) is 22.7 Å². The van der Waals surface area contributed by atoms with E-state index in [0.29, 0.717) is 57.4 Å². The Labute approximate surface area is 278 Å². The monoisotopic (exact) mass is 650 g/mol. The van der Waals surface area contributed by atoms with Crippen LogP contribution in [0.25, 0.3) is 10.8 Å². The molecular weight excluding hydrogens is 616 g/mol. The van der Waals surface area contributed by atoms with Crippen molar-refractivity contribution >= 4 is 56.8 Å². The maximum absolute atomic E-state index is 13.7. The van der Waals surface area contributed by atoms with E-state index >= 15 is 0 Å². The van der Waals surface area contributed by atoms with Crippen molar-refractivity contribution in [1.82, 2.24) is 0 Å². The second kappa shape index (κ2) is 14.8. The molecule has 0 fully saturated rings. The zero-order valence-corrected chi connectivity index (χ0v) is 27.3. The fourth-order valence-corrected chi connectivity index (χ4v) is 5.31. The molecule has 0 radical (unpaired) electrons. The van der Waals surface area contributed by atoms with Gasteiger partial charge < -0.3 is 25.2 Å². The van der Waals surface area contributed by atoms with Crippen molar-refractivity contribution < 1.29 is 24.2 Å². The highest BCUT2D eigenvalue weighted by molar-refractivity contribution is 6.30. The number of Topliss-reactive ketones (excluding diaryl/α,β-unsaturated/α-hetero) is 1. The molecule has 10 heteroatoms. The number of hydrogen-bond donors (Lipinski definition) is 3. The molecule has 0 aromatic heterocycles. The summed E-state index contributed by atoms with van der Waals surface area (Å²) >= 11 is 6.10. The van der Waals surface area contributed by atoms with Gasteiger partial charge in [-0.2, -0.15) is 0 Å². The molecule has 0 aliphatic rings. The van der Waals surface area contributed by atoms with E-state index in [1.165, 1.54) is 0 Å². The molecule has 0 saturated heterocycles. The van der Waals surface area contributed by atoms with E-state index in [1.807, 2.05) is 57.2 Å². The Morgan fingerprint density at radius 2 is 1.55 bits per heavy atom. The van der Waals surface area contributed by atoms with Crippen LogP contribution in [0.15, 0.2) is 101 Å². The molecule has 3 N–H and O–H groups in total. The van der Waals surface area contributed by atoms with Crippen LogP contribution in [-0.2, 0) is 0 Å². The van der Waals surface area contributed by atoms with Crippen molar-refractivity contribution in [3.8, 4) is 17.2 Å². The van der Waals surface area contributed by atoms with E-state index in [1.54, 1.807) is 61.5 Å². The Bertz CT molecular complexity index is 1960. The number of halogens is 1. The predicted molar refractivity (Wildman–Crippen MR) is 187 cm³/mol. The topological polar surface area (TPSA) is 122 Å². The Hall–Kier alpha value is -5.41. The smallest absolute Gasteiger partial charge is 0.255 e. The van der Waals surface area contributed by atoms with Crippen LogP contribution in [0, 0.1) is 6.92 Å². The Morgan fingerprint density at radius 1 is 0.851 bits per heavy atom. The summed E-state index contributed by atoms with van der Waals surface area (Å²) in [5, 5.41) is 28.4. The van der Waals surface area contributed by atoms with Crippen LogP contribution in [0.1, 0.15) is 47.1 Å². The lowest BCUT2D eigenvalue weighted by Crippen LogP contribution is -2.26. The maximum atomic E-state index is 13.7. The first-order valence-electron chi connectivity index (χ1n) is 15.2. The summed E-state index contributed by atoms with van der Waals surface area (Å²) in [6.07, 6.45) is 0. The van der Waals surface area contributed by atoms with Gasteiger partial charge in [0.1, 0.15) is 22.9 Å². The molecule has 0 aliphatic heterocycles. The number of ether oxygens (including phenoxy) is 2. The number of nitrogens with zero attached hydrogens (tertiary/aromatic N) is 2. The Balaban J connectivity index is 1.53. The predicted octanol–water partition coefficient (Wildman–Crippen LogP) is 9.66. The lowest BCUT2D eigenvalue weighted by molar-refractivity contribution is 0.0972.